The second-order valence-corrected chi connectivity index (χ2v) is 9.10. The van der Waals surface area contributed by atoms with Crippen molar-refractivity contribution in [3.63, 3.8) is 0 Å². The predicted octanol–water partition coefficient (Wildman–Crippen LogP) is 4.38. The average molecular weight is 504 g/mol. The van der Waals surface area contributed by atoms with Gasteiger partial charge in [-0.25, -0.2) is 0 Å². The molecular formula is C22H20Br2N2O2. The number of anilines is 2. The molecule has 1 aliphatic carbocycles. The Morgan fingerprint density at radius 2 is 1.04 bits per heavy atom. The molecule has 2 aromatic carbocycles. The summed E-state index contributed by atoms with van der Waals surface area (Å²) in [5.41, 5.74) is 4.33. The Hall–Kier alpha value is -1.60. The summed E-state index contributed by atoms with van der Waals surface area (Å²) in [6.07, 6.45) is 7.02. The molecule has 0 radical (unpaired) electrons. The lowest BCUT2D eigenvalue weighted by Gasteiger charge is -2.55. The molecule has 144 valence electrons. The van der Waals surface area contributed by atoms with Gasteiger partial charge in [0.25, 0.3) is 0 Å². The monoisotopic (exact) mass is 502 g/mol. The first-order valence-electron chi connectivity index (χ1n) is 9.38. The fourth-order valence-corrected chi connectivity index (χ4v) is 6.13. The van der Waals surface area contributed by atoms with E-state index >= 15 is 0 Å². The zero-order valence-corrected chi connectivity index (χ0v) is 18.1. The third kappa shape index (κ3) is 2.70. The van der Waals surface area contributed by atoms with E-state index in [0.29, 0.717) is 0 Å². The first kappa shape index (κ1) is 18.4. The molecule has 6 heteroatoms. The number of rotatable bonds is 2. The fraction of sp³-hybridized carbons (Fsp3) is 0.273. The Kier molecular flexibility index (Phi) is 4.62. The zero-order chi connectivity index (χ0) is 19.4. The van der Waals surface area contributed by atoms with Crippen molar-refractivity contribution in [1.29, 1.82) is 0 Å². The second kappa shape index (κ2) is 7.02. The molecule has 3 aliphatic rings. The highest BCUT2D eigenvalue weighted by molar-refractivity contribution is 9.10. The van der Waals surface area contributed by atoms with Crippen LogP contribution in [-0.2, 0) is 0 Å². The predicted molar refractivity (Wildman–Crippen MR) is 120 cm³/mol. The summed E-state index contributed by atoms with van der Waals surface area (Å²) in [5.74, 6) is -0.527. The van der Waals surface area contributed by atoms with E-state index < -0.39 is 12.2 Å². The molecule has 0 amide bonds. The van der Waals surface area contributed by atoms with Gasteiger partial charge in [0, 0.05) is 11.8 Å². The molecule has 2 aromatic rings. The fourth-order valence-electron chi connectivity index (χ4n) is 4.66. The summed E-state index contributed by atoms with van der Waals surface area (Å²) in [6.45, 7) is 0. The van der Waals surface area contributed by atoms with Gasteiger partial charge < -0.3 is 18.1 Å². The summed E-state index contributed by atoms with van der Waals surface area (Å²) in [4.78, 5) is 0. The molecule has 2 N–H and O–H groups in total. The molecule has 0 bridgehead atoms. The standard InChI is InChI=1S/C22H20Br2N2O2/c23-25-15-7-3-1-5-13(15)9-11-17(25)19-21(27)20(22(19)28)18-12-10-14-6-2-4-8-16(14)26(18)24/h1-12,17-22,27-28H. The summed E-state index contributed by atoms with van der Waals surface area (Å²) in [7, 11) is 0. The van der Waals surface area contributed by atoms with E-state index in [1.165, 1.54) is 0 Å². The number of fused-ring (bicyclic) bond motifs is 2. The molecular weight excluding hydrogens is 484 g/mol. The van der Waals surface area contributed by atoms with E-state index in [4.69, 9.17) is 0 Å². The van der Waals surface area contributed by atoms with Crippen LogP contribution in [0.5, 0.6) is 0 Å². The van der Waals surface area contributed by atoms with Crippen LogP contribution in [0.1, 0.15) is 11.1 Å². The van der Waals surface area contributed by atoms with Crippen LogP contribution in [0.15, 0.2) is 60.7 Å². The van der Waals surface area contributed by atoms with Crippen LogP contribution in [0.4, 0.5) is 11.4 Å². The second-order valence-electron chi connectivity index (χ2n) is 7.58. The molecule has 0 aromatic heterocycles. The van der Waals surface area contributed by atoms with Gasteiger partial charge in [-0.15, -0.1) is 0 Å². The average Bonchev–Trinajstić information content (AvgIpc) is 2.72. The Bertz CT molecular complexity index is 878. The number of aliphatic hydroxyl groups is 2. The first-order chi connectivity index (χ1) is 13.6. The van der Waals surface area contributed by atoms with Crippen molar-refractivity contribution < 1.29 is 10.2 Å². The van der Waals surface area contributed by atoms with Gasteiger partial charge in [0.05, 0.1) is 68.0 Å². The molecule has 0 saturated heterocycles. The Morgan fingerprint density at radius 3 is 1.46 bits per heavy atom. The maximum Gasteiger partial charge on any atom is 0.0692 e. The third-order valence-electron chi connectivity index (χ3n) is 6.17. The minimum Gasteiger partial charge on any atom is -0.392 e. The maximum atomic E-state index is 11.1. The van der Waals surface area contributed by atoms with Crippen LogP contribution in [0.25, 0.3) is 12.2 Å². The van der Waals surface area contributed by atoms with Crippen LogP contribution >= 0.6 is 32.3 Å². The number of para-hydroxylation sites is 2. The van der Waals surface area contributed by atoms with E-state index in [1.807, 2.05) is 44.3 Å². The number of hydrogen-bond donors (Lipinski definition) is 2. The van der Waals surface area contributed by atoms with Crippen molar-refractivity contribution in [3.05, 3.63) is 71.8 Å². The Morgan fingerprint density at radius 1 is 0.643 bits per heavy atom. The normalized spacial score (nSPS) is 33.3. The van der Waals surface area contributed by atoms with Crippen LogP contribution < -0.4 is 7.85 Å². The van der Waals surface area contributed by atoms with Gasteiger partial charge in [0.1, 0.15) is 0 Å². The summed E-state index contributed by atoms with van der Waals surface area (Å²) >= 11 is 7.32. The van der Waals surface area contributed by atoms with Crippen molar-refractivity contribution in [2.75, 3.05) is 7.85 Å². The number of benzene rings is 2. The van der Waals surface area contributed by atoms with E-state index in [2.05, 4.69) is 68.7 Å². The Labute approximate surface area is 181 Å². The molecule has 5 rings (SSSR count). The highest BCUT2D eigenvalue weighted by Gasteiger charge is 2.57. The Balaban J connectivity index is 1.38. The van der Waals surface area contributed by atoms with Crippen molar-refractivity contribution in [2.24, 2.45) is 11.8 Å². The molecule has 2 heterocycles. The van der Waals surface area contributed by atoms with Crippen LogP contribution in [-0.4, -0.2) is 34.5 Å². The first-order valence-corrected chi connectivity index (χ1v) is 10.8. The van der Waals surface area contributed by atoms with Gasteiger partial charge in [-0.1, -0.05) is 60.7 Å². The van der Waals surface area contributed by atoms with E-state index in [9.17, 15) is 10.2 Å². The summed E-state index contributed by atoms with van der Waals surface area (Å²) in [6, 6.07) is 16.0. The SMILES string of the molecule is OC1C(C2C=Cc3ccccc3N2Br)C(O)C1C1C=Cc2ccccc2N1Br. The lowest BCUT2D eigenvalue weighted by molar-refractivity contribution is -0.156. The molecule has 1 fully saturated rings. The minimum absolute atomic E-state index is 0.111. The van der Waals surface area contributed by atoms with Gasteiger partial charge in [0.2, 0.25) is 0 Å². The van der Waals surface area contributed by atoms with E-state index in [-0.39, 0.29) is 23.9 Å². The number of nitrogens with zero attached hydrogens (tertiary/aromatic N) is 2. The van der Waals surface area contributed by atoms with E-state index in [1.54, 1.807) is 0 Å². The van der Waals surface area contributed by atoms with Gasteiger partial charge >= 0.3 is 0 Å². The maximum absolute atomic E-state index is 11.1. The third-order valence-corrected chi connectivity index (χ3v) is 7.88. The largest absolute Gasteiger partial charge is 0.392 e. The smallest absolute Gasteiger partial charge is 0.0692 e. The molecule has 0 spiro atoms. The minimum atomic E-state index is -0.616. The number of aliphatic hydroxyl groups excluding tert-OH is 2. The lowest BCUT2D eigenvalue weighted by atomic mass is 9.62. The van der Waals surface area contributed by atoms with Crippen molar-refractivity contribution >= 4 is 55.8 Å². The molecule has 2 aliphatic heterocycles. The van der Waals surface area contributed by atoms with Crippen LogP contribution in [0.2, 0.25) is 0 Å². The zero-order valence-electron chi connectivity index (χ0n) is 14.9. The summed E-state index contributed by atoms with van der Waals surface area (Å²) < 4.78 is 3.96. The lowest BCUT2D eigenvalue weighted by Crippen LogP contribution is -2.67. The van der Waals surface area contributed by atoms with Crippen molar-refractivity contribution in [1.82, 2.24) is 0 Å². The topological polar surface area (TPSA) is 46.9 Å². The van der Waals surface area contributed by atoms with E-state index in [0.717, 1.165) is 22.5 Å². The van der Waals surface area contributed by atoms with Gasteiger partial charge in [-0.3, -0.25) is 0 Å². The quantitative estimate of drug-likeness (QED) is 0.597. The van der Waals surface area contributed by atoms with Crippen LogP contribution in [0.3, 0.4) is 0 Å². The van der Waals surface area contributed by atoms with Gasteiger partial charge in [-0.2, -0.15) is 0 Å². The molecule has 2 unspecified atom stereocenters. The molecule has 4 nitrogen and oxygen atoms in total. The summed E-state index contributed by atoms with van der Waals surface area (Å²) in [5, 5.41) is 22.1. The van der Waals surface area contributed by atoms with Gasteiger partial charge in [-0.05, 0) is 23.3 Å². The number of hydrogen-bond acceptors (Lipinski definition) is 4. The molecule has 28 heavy (non-hydrogen) atoms. The van der Waals surface area contributed by atoms with Crippen LogP contribution in [0, 0.1) is 11.8 Å². The van der Waals surface area contributed by atoms with Crippen molar-refractivity contribution in [2.45, 2.75) is 24.3 Å². The van der Waals surface area contributed by atoms with Gasteiger partial charge in [0.15, 0.2) is 0 Å². The molecule has 2 atom stereocenters. The van der Waals surface area contributed by atoms with Crippen molar-refractivity contribution in [3.8, 4) is 0 Å². The number of halogens is 2. The highest BCUT2D eigenvalue weighted by atomic mass is 79.9. The highest BCUT2D eigenvalue weighted by Crippen LogP contribution is 2.48. The molecule has 1 saturated carbocycles.